The fourth-order valence-corrected chi connectivity index (χ4v) is 1.66. The van der Waals surface area contributed by atoms with Crippen molar-refractivity contribution >= 4 is 11.3 Å². The number of aryl methyl sites for hydroxylation is 1. The van der Waals surface area contributed by atoms with Gasteiger partial charge in [-0.1, -0.05) is 0 Å². The van der Waals surface area contributed by atoms with E-state index in [9.17, 15) is 0 Å². The van der Waals surface area contributed by atoms with Crippen LogP contribution >= 0.6 is 11.3 Å². The molecule has 0 unspecified atom stereocenters. The predicted molar refractivity (Wildman–Crippen MR) is 48.9 cm³/mol. The maximum Gasteiger partial charge on any atom is 0.0897 e. The van der Waals surface area contributed by atoms with Crippen LogP contribution in [-0.2, 0) is 5.54 Å². The highest BCUT2D eigenvalue weighted by Crippen LogP contribution is 2.24. The Hall–Kier alpha value is -0.410. The Bertz CT molecular complexity index is 240. The lowest BCUT2D eigenvalue weighted by Gasteiger charge is -2.21. The van der Waals surface area contributed by atoms with E-state index >= 15 is 0 Å². The molecule has 0 saturated heterocycles. The van der Waals surface area contributed by atoms with Crippen LogP contribution in [0, 0.1) is 6.92 Å². The van der Waals surface area contributed by atoms with E-state index in [0.29, 0.717) is 0 Å². The van der Waals surface area contributed by atoms with Crippen LogP contribution in [0.4, 0.5) is 0 Å². The second kappa shape index (κ2) is 2.91. The van der Waals surface area contributed by atoms with Gasteiger partial charge < -0.3 is 5.32 Å². The number of hydrogen-bond acceptors (Lipinski definition) is 3. The van der Waals surface area contributed by atoms with Gasteiger partial charge in [-0.05, 0) is 27.8 Å². The normalized spacial score (nSPS) is 12.0. The molecule has 1 heterocycles. The fraction of sp³-hybridized carbons (Fsp3) is 0.625. The van der Waals surface area contributed by atoms with E-state index in [1.807, 2.05) is 20.2 Å². The molecule has 0 saturated carbocycles. The topological polar surface area (TPSA) is 24.9 Å². The Morgan fingerprint density at radius 2 is 2.18 bits per heavy atom. The Morgan fingerprint density at radius 1 is 1.55 bits per heavy atom. The summed E-state index contributed by atoms with van der Waals surface area (Å²) in [5.74, 6) is 0. The van der Waals surface area contributed by atoms with Crippen molar-refractivity contribution in [1.82, 2.24) is 10.3 Å². The number of nitrogens with zero attached hydrogens (tertiary/aromatic N) is 1. The molecule has 1 aromatic heterocycles. The first-order valence-corrected chi connectivity index (χ1v) is 4.50. The monoisotopic (exact) mass is 170 g/mol. The van der Waals surface area contributed by atoms with Crippen molar-refractivity contribution in [2.75, 3.05) is 7.05 Å². The number of nitrogens with one attached hydrogen (secondary N) is 1. The van der Waals surface area contributed by atoms with Crippen LogP contribution in [0.25, 0.3) is 0 Å². The predicted octanol–water partition coefficient (Wildman–Crippen LogP) is 1.91. The van der Waals surface area contributed by atoms with E-state index in [4.69, 9.17) is 0 Å². The maximum absolute atomic E-state index is 4.21. The van der Waals surface area contributed by atoms with Gasteiger partial charge in [-0.3, -0.25) is 0 Å². The first kappa shape index (κ1) is 8.68. The number of hydrogen-bond donors (Lipinski definition) is 1. The Morgan fingerprint density at radius 3 is 2.55 bits per heavy atom. The minimum absolute atomic E-state index is 0.0614. The van der Waals surface area contributed by atoms with Crippen molar-refractivity contribution in [2.45, 2.75) is 26.3 Å². The number of thiazole rings is 1. The number of rotatable bonds is 2. The van der Waals surface area contributed by atoms with E-state index < -0.39 is 0 Å². The molecule has 0 atom stereocenters. The summed E-state index contributed by atoms with van der Waals surface area (Å²) in [6, 6.07) is 0. The first-order chi connectivity index (χ1) is 5.06. The van der Waals surface area contributed by atoms with E-state index in [1.165, 1.54) is 4.88 Å². The van der Waals surface area contributed by atoms with Crippen LogP contribution in [0.1, 0.15) is 23.7 Å². The zero-order valence-electron chi connectivity index (χ0n) is 7.43. The van der Waals surface area contributed by atoms with Crippen molar-refractivity contribution in [3.05, 3.63) is 16.1 Å². The van der Waals surface area contributed by atoms with Crippen LogP contribution in [0.5, 0.6) is 0 Å². The van der Waals surface area contributed by atoms with Gasteiger partial charge in [0.05, 0.1) is 5.01 Å². The van der Waals surface area contributed by atoms with Crippen molar-refractivity contribution in [3.8, 4) is 0 Å². The van der Waals surface area contributed by atoms with Crippen molar-refractivity contribution in [2.24, 2.45) is 0 Å². The average molecular weight is 170 g/mol. The molecule has 0 amide bonds. The summed E-state index contributed by atoms with van der Waals surface area (Å²) in [4.78, 5) is 5.50. The zero-order valence-corrected chi connectivity index (χ0v) is 8.25. The smallest absolute Gasteiger partial charge is 0.0897 e. The summed E-state index contributed by atoms with van der Waals surface area (Å²) in [5.41, 5.74) is 0.0614. The average Bonchev–Trinajstić information content (AvgIpc) is 2.36. The van der Waals surface area contributed by atoms with E-state index in [2.05, 4.69) is 24.1 Å². The molecule has 1 aromatic rings. The summed E-state index contributed by atoms with van der Waals surface area (Å²) >= 11 is 1.75. The van der Waals surface area contributed by atoms with Gasteiger partial charge in [0.15, 0.2) is 0 Å². The van der Waals surface area contributed by atoms with Crippen LogP contribution in [0.2, 0.25) is 0 Å². The fourth-order valence-electron chi connectivity index (χ4n) is 0.774. The molecular formula is C8H14N2S. The van der Waals surface area contributed by atoms with Gasteiger partial charge in [0.25, 0.3) is 0 Å². The van der Waals surface area contributed by atoms with Gasteiger partial charge >= 0.3 is 0 Å². The van der Waals surface area contributed by atoms with Crippen molar-refractivity contribution in [1.29, 1.82) is 0 Å². The Kier molecular flexibility index (Phi) is 2.30. The van der Waals surface area contributed by atoms with E-state index in [0.717, 1.165) is 5.01 Å². The van der Waals surface area contributed by atoms with Gasteiger partial charge in [-0.25, -0.2) is 4.98 Å². The third-order valence-electron chi connectivity index (χ3n) is 1.86. The summed E-state index contributed by atoms with van der Waals surface area (Å²) in [6.45, 7) is 6.33. The summed E-state index contributed by atoms with van der Waals surface area (Å²) in [5, 5.41) is 4.37. The van der Waals surface area contributed by atoms with Crippen molar-refractivity contribution < 1.29 is 0 Å². The molecular weight excluding hydrogens is 156 g/mol. The highest BCUT2D eigenvalue weighted by Gasteiger charge is 2.19. The van der Waals surface area contributed by atoms with E-state index in [-0.39, 0.29) is 5.54 Å². The molecule has 0 radical (unpaired) electrons. The standard InChI is InChI=1S/C8H14N2S/c1-6-10-5-7(11-6)8(2,3)9-4/h5,9H,1-4H3. The minimum atomic E-state index is 0.0614. The third kappa shape index (κ3) is 1.79. The van der Waals surface area contributed by atoms with Gasteiger partial charge in [-0.2, -0.15) is 0 Å². The van der Waals surface area contributed by atoms with Gasteiger partial charge in [0.1, 0.15) is 0 Å². The Labute approximate surface area is 71.7 Å². The highest BCUT2D eigenvalue weighted by atomic mass is 32.1. The molecule has 0 aliphatic rings. The molecule has 3 heteroatoms. The molecule has 1 rings (SSSR count). The maximum atomic E-state index is 4.21. The second-order valence-electron chi connectivity index (χ2n) is 3.12. The molecule has 0 aliphatic heterocycles. The molecule has 0 bridgehead atoms. The highest BCUT2D eigenvalue weighted by molar-refractivity contribution is 7.11. The summed E-state index contributed by atoms with van der Waals surface area (Å²) in [6.07, 6.45) is 1.94. The molecule has 1 N–H and O–H groups in total. The van der Waals surface area contributed by atoms with Crippen LogP contribution in [0.15, 0.2) is 6.20 Å². The lowest BCUT2D eigenvalue weighted by molar-refractivity contribution is 0.453. The lowest BCUT2D eigenvalue weighted by atomic mass is 10.1. The largest absolute Gasteiger partial charge is 0.310 e. The summed E-state index contributed by atoms with van der Waals surface area (Å²) in [7, 11) is 1.97. The van der Waals surface area contributed by atoms with Gasteiger partial charge in [0.2, 0.25) is 0 Å². The van der Waals surface area contributed by atoms with Crippen LogP contribution in [-0.4, -0.2) is 12.0 Å². The molecule has 0 aliphatic carbocycles. The zero-order chi connectivity index (χ0) is 8.48. The first-order valence-electron chi connectivity index (χ1n) is 3.68. The lowest BCUT2D eigenvalue weighted by Crippen LogP contribution is -2.32. The van der Waals surface area contributed by atoms with Crippen molar-refractivity contribution in [3.63, 3.8) is 0 Å². The molecule has 2 nitrogen and oxygen atoms in total. The molecule has 0 spiro atoms. The molecule has 11 heavy (non-hydrogen) atoms. The minimum Gasteiger partial charge on any atom is -0.310 e. The molecule has 0 fully saturated rings. The second-order valence-corrected chi connectivity index (χ2v) is 4.35. The number of aromatic nitrogens is 1. The quantitative estimate of drug-likeness (QED) is 0.733. The van der Waals surface area contributed by atoms with Crippen LogP contribution < -0.4 is 5.32 Å². The molecule has 0 aromatic carbocycles. The SMILES string of the molecule is CNC(C)(C)c1cnc(C)s1. The Balaban J connectivity index is 2.92. The van der Waals surface area contributed by atoms with Gasteiger partial charge in [0, 0.05) is 16.6 Å². The molecule has 62 valence electrons. The van der Waals surface area contributed by atoms with E-state index in [1.54, 1.807) is 11.3 Å². The summed E-state index contributed by atoms with van der Waals surface area (Å²) < 4.78 is 0. The third-order valence-corrected chi connectivity index (χ3v) is 3.10. The van der Waals surface area contributed by atoms with Crippen LogP contribution in [0.3, 0.4) is 0 Å². The van der Waals surface area contributed by atoms with Gasteiger partial charge in [-0.15, -0.1) is 11.3 Å².